The number of fused-ring (bicyclic) bond motifs is 2. The first-order valence-electron chi connectivity index (χ1n) is 15.2. The van der Waals surface area contributed by atoms with Crippen molar-refractivity contribution in [2.45, 2.75) is 26.6 Å². The fraction of sp³-hybridized carbons (Fsp3) is 0.211. The molecular formula is C38H36N2O5S. The summed E-state index contributed by atoms with van der Waals surface area (Å²) in [7, 11) is 5.34. The zero-order valence-corrected chi connectivity index (χ0v) is 27.2. The molecule has 8 heteroatoms. The number of aromatic nitrogens is 1. The van der Waals surface area contributed by atoms with E-state index in [0.717, 1.165) is 37.9 Å². The number of hydrogen-bond donors (Lipinski definition) is 0. The quantitative estimate of drug-likeness (QED) is 0.136. The molecule has 46 heavy (non-hydrogen) atoms. The van der Waals surface area contributed by atoms with Crippen molar-refractivity contribution in [1.29, 1.82) is 0 Å². The Labute approximate surface area is 272 Å². The average Bonchev–Trinajstić information content (AvgIpc) is 3.45. The van der Waals surface area contributed by atoms with Crippen molar-refractivity contribution in [2.75, 3.05) is 27.9 Å². The number of carbonyl (C=O) groups is 1. The first-order chi connectivity index (χ1) is 22.4. The van der Waals surface area contributed by atoms with Crippen molar-refractivity contribution in [3.8, 4) is 21.9 Å². The normalized spacial score (nSPS) is 11.3. The maximum atomic E-state index is 14.3. The van der Waals surface area contributed by atoms with Crippen LogP contribution in [-0.2, 0) is 24.4 Å². The number of thiophene rings is 1. The third-order valence-electron chi connectivity index (χ3n) is 8.08. The molecule has 0 unspecified atom stereocenters. The number of esters is 1. The number of hydrogen-bond acceptors (Lipinski definition) is 7. The number of pyridine rings is 1. The lowest BCUT2D eigenvalue weighted by Crippen LogP contribution is -2.23. The highest BCUT2D eigenvalue weighted by molar-refractivity contribution is 7.22. The molecule has 4 aromatic carbocycles. The van der Waals surface area contributed by atoms with Gasteiger partial charge in [0.25, 0.3) is 0 Å². The topological polar surface area (TPSA) is 70.0 Å². The van der Waals surface area contributed by atoms with Gasteiger partial charge in [-0.2, -0.15) is 0 Å². The number of ether oxygens (including phenoxy) is 3. The van der Waals surface area contributed by atoms with E-state index in [1.54, 1.807) is 38.7 Å². The Morgan fingerprint density at radius 2 is 1.61 bits per heavy atom. The van der Waals surface area contributed by atoms with Crippen molar-refractivity contribution in [3.63, 3.8) is 0 Å². The van der Waals surface area contributed by atoms with E-state index in [2.05, 4.69) is 42.3 Å². The van der Waals surface area contributed by atoms with Crippen molar-refractivity contribution < 1.29 is 19.0 Å². The Bertz CT molecular complexity index is 2080. The third-order valence-corrected chi connectivity index (χ3v) is 9.40. The minimum absolute atomic E-state index is 0.0155. The molecule has 0 saturated carbocycles. The SMILES string of the molecule is CCOC(=O)c1cn(Cc2ccccc2OC)c2sc(-c3ccc(OC)cc3)c(CN(C)Cc3ccc4ccccc4c3)c2c1=O. The van der Waals surface area contributed by atoms with E-state index in [9.17, 15) is 9.59 Å². The Hall–Kier alpha value is -4.92. The Balaban J connectivity index is 1.51. The lowest BCUT2D eigenvalue weighted by Gasteiger charge is -2.18. The molecule has 2 aromatic heterocycles. The lowest BCUT2D eigenvalue weighted by atomic mass is 10.0. The third kappa shape index (κ3) is 6.27. The highest BCUT2D eigenvalue weighted by Gasteiger charge is 2.25. The molecule has 0 aliphatic rings. The van der Waals surface area contributed by atoms with E-state index in [1.165, 1.54) is 16.3 Å². The van der Waals surface area contributed by atoms with Gasteiger partial charge in [-0.05, 0) is 77.8 Å². The van der Waals surface area contributed by atoms with Crippen LogP contribution in [0.1, 0.15) is 34.0 Å². The van der Waals surface area contributed by atoms with E-state index in [0.29, 0.717) is 25.0 Å². The van der Waals surface area contributed by atoms with E-state index in [-0.39, 0.29) is 17.6 Å². The van der Waals surface area contributed by atoms with Gasteiger partial charge in [-0.15, -0.1) is 11.3 Å². The van der Waals surface area contributed by atoms with Crippen LogP contribution < -0.4 is 14.9 Å². The van der Waals surface area contributed by atoms with Gasteiger partial charge in [0.2, 0.25) is 5.43 Å². The maximum Gasteiger partial charge on any atom is 0.343 e. The van der Waals surface area contributed by atoms with Crippen LogP contribution >= 0.6 is 11.3 Å². The van der Waals surface area contributed by atoms with Gasteiger partial charge in [0.15, 0.2) is 0 Å². The molecule has 0 fully saturated rings. The monoisotopic (exact) mass is 632 g/mol. The van der Waals surface area contributed by atoms with Crippen LogP contribution in [0, 0.1) is 0 Å². The number of nitrogens with zero attached hydrogens (tertiary/aromatic N) is 2. The van der Waals surface area contributed by atoms with Crippen LogP contribution in [0.4, 0.5) is 0 Å². The van der Waals surface area contributed by atoms with E-state index in [4.69, 9.17) is 14.2 Å². The minimum Gasteiger partial charge on any atom is -0.497 e. The number of rotatable bonds is 11. The van der Waals surface area contributed by atoms with Crippen LogP contribution in [0.2, 0.25) is 0 Å². The first-order valence-corrected chi connectivity index (χ1v) is 16.0. The zero-order valence-electron chi connectivity index (χ0n) is 26.4. The van der Waals surface area contributed by atoms with Crippen molar-refractivity contribution in [3.05, 3.63) is 130 Å². The van der Waals surface area contributed by atoms with Crippen LogP contribution in [0.15, 0.2) is 102 Å². The van der Waals surface area contributed by atoms with Crippen LogP contribution in [0.25, 0.3) is 31.4 Å². The second-order valence-corrected chi connectivity index (χ2v) is 12.2. The summed E-state index contributed by atoms with van der Waals surface area (Å²) in [6.45, 7) is 3.48. The first kappa shape index (κ1) is 31.1. The van der Waals surface area contributed by atoms with Gasteiger partial charge < -0.3 is 18.8 Å². The van der Waals surface area contributed by atoms with Gasteiger partial charge >= 0.3 is 5.97 Å². The van der Waals surface area contributed by atoms with Crippen LogP contribution in [0.3, 0.4) is 0 Å². The van der Waals surface area contributed by atoms with E-state index in [1.807, 2.05) is 65.2 Å². The van der Waals surface area contributed by atoms with Crippen LogP contribution in [-0.4, -0.2) is 43.3 Å². The van der Waals surface area contributed by atoms with Crippen molar-refractivity contribution in [2.24, 2.45) is 0 Å². The van der Waals surface area contributed by atoms with Crippen molar-refractivity contribution in [1.82, 2.24) is 9.47 Å². The molecule has 234 valence electrons. The minimum atomic E-state index is -0.629. The standard InChI is InChI=1S/C38H36N2O5S/c1-5-45-38(42)32-24-40(22-29-12-8-9-13-33(29)44-4)37-34(35(32)41)31(36(46-37)27-16-18-30(43-3)19-17-27)23-39(2)21-25-14-15-26-10-6-7-11-28(26)20-25/h6-20,24H,5,21-23H2,1-4H3. The number of carbonyl (C=O) groups excluding carboxylic acids is 1. The van der Waals surface area contributed by atoms with E-state index >= 15 is 0 Å². The summed E-state index contributed by atoms with van der Waals surface area (Å²) >= 11 is 1.55. The zero-order chi connectivity index (χ0) is 32.2. The summed E-state index contributed by atoms with van der Waals surface area (Å²) in [4.78, 5) is 31.4. The highest BCUT2D eigenvalue weighted by atomic mass is 32.1. The molecule has 0 aliphatic carbocycles. The molecule has 0 saturated heterocycles. The summed E-state index contributed by atoms with van der Waals surface area (Å²) < 4.78 is 18.4. The number of para-hydroxylation sites is 1. The van der Waals surface area contributed by atoms with E-state index < -0.39 is 5.97 Å². The summed E-state index contributed by atoms with van der Waals surface area (Å²) in [6.07, 6.45) is 1.63. The fourth-order valence-corrected chi connectivity index (χ4v) is 7.18. The number of methoxy groups -OCH3 is 2. The summed E-state index contributed by atoms with van der Waals surface area (Å²) in [5.41, 5.74) is 3.64. The molecule has 0 radical (unpaired) electrons. The average molecular weight is 633 g/mol. The Morgan fingerprint density at radius 3 is 2.35 bits per heavy atom. The van der Waals surface area contributed by atoms with Crippen LogP contribution in [0.5, 0.6) is 11.5 Å². The Morgan fingerprint density at radius 1 is 0.870 bits per heavy atom. The Kier molecular flexibility index (Phi) is 9.19. The van der Waals surface area contributed by atoms with Gasteiger partial charge in [0.05, 0.1) is 32.8 Å². The fourth-order valence-electron chi connectivity index (χ4n) is 5.89. The van der Waals surface area contributed by atoms with Gasteiger partial charge in [-0.1, -0.05) is 54.6 Å². The summed E-state index contributed by atoms with van der Waals surface area (Å²) in [5.74, 6) is 0.852. The molecular weight excluding hydrogens is 596 g/mol. The second kappa shape index (κ2) is 13.6. The predicted octanol–water partition coefficient (Wildman–Crippen LogP) is 7.76. The van der Waals surface area contributed by atoms with Gasteiger partial charge in [-0.25, -0.2) is 4.79 Å². The molecule has 0 N–H and O–H groups in total. The molecule has 6 rings (SSSR count). The molecule has 6 aromatic rings. The molecule has 0 aliphatic heterocycles. The summed E-state index contributed by atoms with van der Waals surface area (Å²) in [6, 6.07) is 30.5. The molecule has 0 amide bonds. The summed E-state index contributed by atoms with van der Waals surface area (Å²) in [5, 5.41) is 2.91. The second-order valence-electron chi connectivity index (χ2n) is 11.2. The molecule has 0 spiro atoms. The van der Waals surface area contributed by atoms with Gasteiger partial charge in [-0.3, -0.25) is 9.69 Å². The smallest absolute Gasteiger partial charge is 0.343 e. The molecule has 7 nitrogen and oxygen atoms in total. The predicted molar refractivity (Wildman–Crippen MR) is 185 cm³/mol. The van der Waals surface area contributed by atoms with Gasteiger partial charge in [0.1, 0.15) is 21.9 Å². The van der Waals surface area contributed by atoms with Gasteiger partial charge in [0, 0.05) is 29.7 Å². The van der Waals surface area contributed by atoms with Crippen molar-refractivity contribution >= 4 is 38.3 Å². The highest BCUT2D eigenvalue weighted by Crippen LogP contribution is 2.39. The molecule has 0 bridgehead atoms. The lowest BCUT2D eigenvalue weighted by molar-refractivity contribution is 0.0524. The molecule has 2 heterocycles. The molecule has 0 atom stereocenters. The maximum absolute atomic E-state index is 14.3. The number of benzene rings is 4. The largest absolute Gasteiger partial charge is 0.497 e.